The monoisotopic (exact) mass is 378 g/mol. The van der Waals surface area contributed by atoms with Gasteiger partial charge >= 0.3 is 5.97 Å². The average molecular weight is 378 g/mol. The molecule has 0 saturated heterocycles. The molecule has 26 heavy (non-hydrogen) atoms. The number of amides is 2. The quantitative estimate of drug-likeness (QED) is 0.170. The van der Waals surface area contributed by atoms with Crippen molar-refractivity contribution in [3.05, 3.63) is 0 Å². The van der Waals surface area contributed by atoms with Gasteiger partial charge in [-0.3, -0.25) is 14.4 Å². The molecule has 0 fully saturated rings. The lowest BCUT2D eigenvalue weighted by Crippen LogP contribution is -2.33. The Kier molecular flexibility index (Phi) is 15.5. The Labute approximate surface area is 152 Å². The third kappa shape index (κ3) is 15.7. The molecule has 1 atom stereocenters. The summed E-state index contributed by atoms with van der Waals surface area (Å²) in [4.78, 5) is 33.3. The summed E-state index contributed by atoms with van der Waals surface area (Å²) in [5.41, 5.74) is 10.6. The van der Waals surface area contributed by atoms with Crippen LogP contribution in [0.15, 0.2) is 0 Å². The molecule has 0 aromatic heterocycles. The van der Waals surface area contributed by atoms with E-state index in [4.69, 9.17) is 30.8 Å². The van der Waals surface area contributed by atoms with Crippen molar-refractivity contribution in [2.75, 3.05) is 59.3 Å². The summed E-state index contributed by atoms with van der Waals surface area (Å²) in [6, 6.07) is -1.04. The molecule has 0 aliphatic rings. The van der Waals surface area contributed by atoms with Gasteiger partial charge in [0.2, 0.25) is 11.8 Å². The fraction of sp³-hybridized carbons (Fsp3) is 0.800. The number of carbonyl (C=O) groups is 3. The van der Waals surface area contributed by atoms with Crippen LogP contribution in [0.4, 0.5) is 0 Å². The summed E-state index contributed by atoms with van der Waals surface area (Å²) in [6.07, 6.45) is 0.125. The summed E-state index contributed by atoms with van der Waals surface area (Å²) in [5, 5.41) is 13.8. The van der Waals surface area contributed by atoms with Crippen molar-refractivity contribution < 1.29 is 33.7 Å². The first kappa shape index (κ1) is 24.2. The van der Waals surface area contributed by atoms with Crippen LogP contribution in [-0.2, 0) is 28.6 Å². The topological polar surface area (TPSA) is 175 Å². The molecule has 0 unspecified atom stereocenters. The van der Waals surface area contributed by atoms with Crippen molar-refractivity contribution >= 4 is 17.8 Å². The van der Waals surface area contributed by atoms with Gasteiger partial charge in [0.15, 0.2) is 0 Å². The van der Waals surface area contributed by atoms with Crippen LogP contribution in [0.5, 0.6) is 0 Å². The Morgan fingerprint density at radius 3 is 2.08 bits per heavy atom. The van der Waals surface area contributed by atoms with Crippen molar-refractivity contribution in [3.8, 4) is 0 Å². The van der Waals surface area contributed by atoms with Crippen molar-refractivity contribution in [2.45, 2.75) is 18.9 Å². The number of nitrogens with one attached hydrogen (secondary N) is 2. The molecule has 2 amide bonds. The van der Waals surface area contributed by atoms with E-state index in [0.717, 1.165) is 0 Å². The normalized spacial score (nSPS) is 11.8. The summed E-state index contributed by atoms with van der Waals surface area (Å²) in [5.74, 6) is -1.66. The van der Waals surface area contributed by atoms with Crippen molar-refractivity contribution in [2.24, 2.45) is 11.5 Å². The first-order chi connectivity index (χ1) is 12.5. The minimum Gasteiger partial charge on any atom is -0.480 e. The number of carboxylic acids is 1. The lowest BCUT2D eigenvalue weighted by atomic mass is 10.1. The van der Waals surface area contributed by atoms with E-state index in [2.05, 4.69) is 10.6 Å². The molecule has 0 heterocycles. The van der Waals surface area contributed by atoms with Gasteiger partial charge in [0.1, 0.15) is 12.6 Å². The zero-order valence-electron chi connectivity index (χ0n) is 14.9. The molecular weight excluding hydrogens is 348 g/mol. The number of carboxylic acid groups (broad SMARTS) is 1. The third-order valence-corrected chi connectivity index (χ3v) is 3.00. The van der Waals surface area contributed by atoms with Gasteiger partial charge in [-0.25, -0.2) is 0 Å². The second-order valence-corrected chi connectivity index (χ2v) is 5.25. The van der Waals surface area contributed by atoms with E-state index >= 15 is 0 Å². The maximum absolute atomic E-state index is 11.4. The number of hydrogen-bond acceptors (Lipinski definition) is 8. The summed E-state index contributed by atoms with van der Waals surface area (Å²) in [7, 11) is 0. The summed E-state index contributed by atoms with van der Waals surface area (Å²) < 4.78 is 15.5. The first-order valence-corrected chi connectivity index (χ1v) is 8.42. The number of nitrogens with two attached hydrogens (primary N) is 2. The second-order valence-electron chi connectivity index (χ2n) is 5.25. The van der Waals surface area contributed by atoms with Gasteiger partial charge in [-0.1, -0.05) is 0 Å². The zero-order chi connectivity index (χ0) is 19.6. The highest BCUT2D eigenvalue weighted by molar-refractivity contribution is 5.78. The van der Waals surface area contributed by atoms with Gasteiger partial charge in [-0.2, -0.15) is 0 Å². The predicted octanol–water partition coefficient (Wildman–Crippen LogP) is -2.58. The van der Waals surface area contributed by atoms with E-state index < -0.39 is 12.0 Å². The standard InChI is InChI=1S/C15H30N4O7/c16-3-6-24-7-5-19-14(21)11-26-10-9-25-8-4-18-13(20)2-1-12(17)15(22)23/h12H,1-11,16-17H2,(H,18,20)(H,19,21)(H,22,23)/t12-/m1/s1. The van der Waals surface area contributed by atoms with Crippen LogP contribution in [-0.4, -0.2) is 88.2 Å². The number of aliphatic carboxylic acids is 1. The lowest BCUT2D eigenvalue weighted by Gasteiger charge is -2.09. The maximum Gasteiger partial charge on any atom is 0.320 e. The van der Waals surface area contributed by atoms with E-state index in [-0.39, 0.29) is 51.1 Å². The van der Waals surface area contributed by atoms with Crippen LogP contribution in [0.1, 0.15) is 12.8 Å². The Bertz CT molecular complexity index is 409. The predicted molar refractivity (Wildman–Crippen MR) is 92.4 cm³/mol. The van der Waals surface area contributed by atoms with Crippen LogP contribution in [0.25, 0.3) is 0 Å². The molecule has 0 spiro atoms. The Morgan fingerprint density at radius 1 is 0.885 bits per heavy atom. The first-order valence-electron chi connectivity index (χ1n) is 8.42. The van der Waals surface area contributed by atoms with Crippen molar-refractivity contribution in [1.29, 1.82) is 0 Å². The van der Waals surface area contributed by atoms with E-state index in [0.29, 0.717) is 32.8 Å². The zero-order valence-corrected chi connectivity index (χ0v) is 14.9. The molecule has 0 saturated carbocycles. The van der Waals surface area contributed by atoms with Crippen molar-refractivity contribution in [3.63, 3.8) is 0 Å². The minimum atomic E-state index is -1.13. The Balaban J connectivity index is 3.36. The highest BCUT2D eigenvalue weighted by Gasteiger charge is 2.12. The van der Waals surface area contributed by atoms with Gasteiger partial charge in [0.05, 0.1) is 33.0 Å². The van der Waals surface area contributed by atoms with Crippen LogP contribution in [0, 0.1) is 0 Å². The van der Waals surface area contributed by atoms with Gasteiger partial charge in [-0.05, 0) is 6.42 Å². The molecular formula is C15H30N4O7. The second kappa shape index (κ2) is 16.7. The van der Waals surface area contributed by atoms with E-state index in [1.54, 1.807) is 0 Å². The fourth-order valence-electron chi connectivity index (χ4n) is 1.64. The average Bonchev–Trinajstić information content (AvgIpc) is 2.61. The molecule has 0 rings (SSSR count). The molecule has 0 bridgehead atoms. The number of rotatable bonds is 17. The number of carbonyl (C=O) groups excluding carboxylic acids is 2. The SMILES string of the molecule is NCCOCCNC(=O)COCCOCCNC(=O)CC[C@@H](N)C(=O)O. The van der Waals surface area contributed by atoms with Gasteiger partial charge in [0, 0.05) is 26.1 Å². The maximum atomic E-state index is 11.4. The molecule has 0 aromatic rings. The number of hydrogen-bond donors (Lipinski definition) is 5. The van der Waals surface area contributed by atoms with E-state index in [9.17, 15) is 14.4 Å². The molecule has 0 radical (unpaired) electrons. The molecule has 0 aliphatic carbocycles. The van der Waals surface area contributed by atoms with E-state index in [1.165, 1.54) is 0 Å². The molecule has 152 valence electrons. The molecule has 11 heteroatoms. The van der Waals surface area contributed by atoms with Crippen LogP contribution in [0.2, 0.25) is 0 Å². The molecule has 0 aromatic carbocycles. The van der Waals surface area contributed by atoms with Gasteiger partial charge in [-0.15, -0.1) is 0 Å². The third-order valence-electron chi connectivity index (χ3n) is 3.00. The van der Waals surface area contributed by atoms with Gasteiger partial charge < -0.3 is 41.4 Å². The Morgan fingerprint density at radius 2 is 1.46 bits per heavy atom. The smallest absolute Gasteiger partial charge is 0.320 e. The summed E-state index contributed by atoms with van der Waals surface area (Å²) >= 11 is 0. The van der Waals surface area contributed by atoms with Crippen LogP contribution in [0.3, 0.4) is 0 Å². The highest BCUT2D eigenvalue weighted by atomic mass is 16.5. The van der Waals surface area contributed by atoms with Crippen molar-refractivity contribution in [1.82, 2.24) is 10.6 Å². The highest BCUT2D eigenvalue weighted by Crippen LogP contribution is 1.94. The minimum absolute atomic E-state index is 0.0446. The van der Waals surface area contributed by atoms with Crippen LogP contribution < -0.4 is 22.1 Å². The molecule has 11 nitrogen and oxygen atoms in total. The van der Waals surface area contributed by atoms with E-state index in [1.807, 2.05) is 0 Å². The summed E-state index contributed by atoms with van der Waals surface area (Å²) in [6.45, 7) is 2.75. The van der Waals surface area contributed by atoms with Gasteiger partial charge in [0.25, 0.3) is 0 Å². The molecule has 0 aliphatic heterocycles. The largest absolute Gasteiger partial charge is 0.480 e. The number of ether oxygens (including phenoxy) is 3. The molecule has 7 N–H and O–H groups in total. The fourth-order valence-corrected chi connectivity index (χ4v) is 1.64. The Hall–Kier alpha value is -1.79. The lowest BCUT2D eigenvalue weighted by molar-refractivity contribution is -0.138. The van der Waals surface area contributed by atoms with Crippen LogP contribution >= 0.6 is 0 Å².